The Hall–Kier alpha value is -0.810. The standard InChI is InChI=1S/C4H9NO4/c1-8-4(7)5-9-3-2-6/h6H,2-3H2,1H3,(H,5,7). The fourth-order valence-corrected chi connectivity index (χ4v) is 0.197. The summed E-state index contributed by atoms with van der Waals surface area (Å²) in [6.45, 7) is -0.0703. The van der Waals surface area contributed by atoms with Crippen LogP contribution in [0.5, 0.6) is 0 Å². The first-order valence-electron chi connectivity index (χ1n) is 2.38. The van der Waals surface area contributed by atoms with Crippen LogP contribution in [0.3, 0.4) is 0 Å². The molecule has 0 aliphatic heterocycles. The average molecular weight is 135 g/mol. The van der Waals surface area contributed by atoms with Gasteiger partial charge in [0.1, 0.15) is 0 Å². The molecule has 0 aliphatic rings. The van der Waals surface area contributed by atoms with E-state index in [-0.39, 0.29) is 13.2 Å². The lowest BCUT2D eigenvalue weighted by molar-refractivity contribution is 0.0169. The first-order chi connectivity index (χ1) is 4.31. The molecule has 0 saturated heterocycles. The van der Waals surface area contributed by atoms with Gasteiger partial charge >= 0.3 is 6.09 Å². The number of aliphatic hydroxyl groups is 1. The number of hydroxylamine groups is 1. The van der Waals surface area contributed by atoms with Crippen LogP contribution in [0, 0.1) is 0 Å². The Bertz CT molecular complexity index is 84.6. The second-order valence-corrected chi connectivity index (χ2v) is 1.17. The van der Waals surface area contributed by atoms with Crippen molar-refractivity contribution in [1.29, 1.82) is 0 Å². The third kappa shape index (κ3) is 5.05. The van der Waals surface area contributed by atoms with E-state index in [1.807, 2.05) is 5.48 Å². The Kier molecular flexibility index (Phi) is 4.85. The van der Waals surface area contributed by atoms with Gasteiger partial charge in [-0.2, -0.15) is 5.48 Å². The van der Waals surface area contributed by atoms with Crippen LogP contribution < -0.4 is 5.48 Å². The Morgan fingerprint density at radius 1 is 1.78 bits per heavy atom. The van der Waals surface area contributed by atoms with Crippen LogP contribution in [0.1, 0.15) is 0 Å². The van der Waals surface area contributed by atoms with Crippen molar-refractivity contribution in [2.75, 3.05) is 20.3 Å². The largest absolute Gasteiger partial charge is 0.451 e. The first kappa shape index (κ1) is 8.19. The van der Waals surface area contributed by atoms with Crippen molar-refractivity contribution in [3.8, 4) is 0 Å². The van der Waals surface area contributed by atoms with Crippen molar-refractivity contribution < 1.29 is 19.5 Å². The number of methoxy groups -OCH3 is 1. The van der Waals surface area contributed by atoms with Gasteiger partial charge in [0.05, 0.1) is 20.3 Å². The summed E-state index contributed by atoms with van der Waals surface area (Å²) in [6.07, 6.45) is -0.677. The van der Waals surface area contributed by atoms with Crippen LogP contribution in [-0.4, -0.2) is 31.5 Å². The van der Waals surface area contributed by atoms with E-state index in [1.165, 1.54) is 7.11 Å². The number of nitrogens with one attached hydrogen (secondary N) is 1. The highest BCUT2D eigenvalue weighted by molar-refractivity contribution is 5.65. The van der Waals surface area contributed by atoms with Gasteiger partial charge < -0.3 is 9.84 Å². The summed E-state index contributed by atoms with van der Waals surface area (Å²) in [5.74, 6) is 0. The minimum Gasteiger partial charge on any atom is -0.451 e. The van der Waals surface area contributed by atoms with Gasteiger partial charge in [0.2, 0.25) is 0 Å². The van der Waals surface area contributed by atoms with Gasteiger partial charge in [-0.1, -0.05) is 0 Å². The lowest BCUT2D eigenvalue weighted by Gasteiger charge is -2.00. The van der Waals surface area contributed by atoms with E-state index in [0.717, 1.165) is 0 Å². The molecule has 0 aromatic carbocycles. The molecule has 1 amide bonds. The molecule has 0 fully saturated rings. The Labute approximate surface area is 52.5 Å². The normalized spacial score (nSPS) is 8.67. The summed E-state index contributed by atoms with van der Waals surface area (Å²) in [5, 5.41) is 8.13. The SMILES string of the molecule is COC(=O)NOCCO. The monoisotopic (exact) mass is 135 g/mol. The number of hydrogen-bond acceptors (Lipinski definition) is 4. The highest BCUT2D eigenvalue weighted by atomic mass is 16.7. The second kappa shape index (κ2) is 5.33. The molecule has 0 aliphatic carbocycles. The molecule has 0 saturated carbocycles. The van der Waals surface area contributed by atoms with Gasteiger partial charge in [-0.05, 0) is 0 Å². The van der Waals surface area contributed by atoms with Gasteiger partial charge in [-0.3, -0.25) is 4.84 Å². The molecular formula is C4H9NO4. The topological polar surface area (TPSA) is 67.8 Å². The molecule has 2 N–H and O–H groups in total. The van der Waals surface area contributed by atoms with Crippen LogP contribution in [0.4, 0.5) is 4.79 Å². The molecule has 0 bridgehead atoms. The maximum atomic E-state index is 10.1. The molecule has 9 heavy (non-hydrogen) atoms. The molecule has 0 heterocycles. The van der Waals surface area contributed by atoms with Gasteiger partial charge in [-0.15, -0.1) is 0 Å². The molecular weight excluding hydrogens is 126 g/mol. The van der Waals surface area contributed by atoms with E-state index in [9.17, 15) is 4.79 Å². The summed E-state index contributed by atoms with van der Waals surface area (Å²) in [4.78, 5) is 14.5. The zero-order valence-corrected chi connectivity index (χ0v) is 5.09. The molecule has 0 spiro atoms. The predicted octanol–water partition coefficient (Wildman–Crippen LogP) is -0.734. The quantitative estimate of drug-likeness (QED) is 0.395. The van der Waals surface area contributed by atoms with Gasteiger partial charge in [-0.25, -0.2) is 4.79 Å². The minimum absolute atomic E-state index is 0.0646. The van der Waals surface area contributed by atoms with Crippen molar-refractivity contribution in [3.63, 3.8) is 0 Å². The van der Waals surface area contributed by atoms with Gasteiger partial charge in [0, 0.05) is 0 Å². The summed E-state index contributed by atoms with van der Waals surface area (Å²) in [5.41, 5.74) is 1.91. The number of carbonyl (C=O) groups excluding carboxylic acids is 1. The number of aliphatic hydroxyl groups excluding tert-OH is 1. The molecule has 0 aromatic heterocycles. The molecule has 0 atom stereocenters. The first-order valence-corrected chi connectivity index (χ1v) is 2.38. The lowest BCUT2D eigenvalue weighted by atomic mass is 10.8. The van der Waals surface area contributed by atoms with E-state index in [4.69, 9.17) is 5.11 Å². The lowest BCUT2D eigenvalue weighted by Crippen LogP contribution is -2.24. The number of ether oxygens (including phenoxy) is 1. The molecule has 0 rings (SSSR count). The predicted molar refractivity (Wildman–Crippen MR) is 28.6 cm³/mol. The van der Waals surface area contributed by atoms with Crippen molar-refractivity contribution in [1.82, 2.24) is 5.48 Å². The van der Waals surface area contributed by atoms with Gasteiger partial charge in [0.25, 0.3) is 0 Å². The van der Waals surface area contributed by atoms with Crippen molar-refractivity contribution in [2.45, 2.75) is 0 Å². The highest BCUT2D eigenvalue weighted by Gasteiger charge is 1.94. The van der Waals surface area contributed by atoms with E-state index in [1.54, 1.807) is 0 Å². The Morgan fingerprint density at radius 2 is 2.44 bits per heavy atom. The van der Waals surface area contributed by atoms with Gasteiger partial charge in [0.15, 0.2) is 0 Å². The van der Waals surface area contributed by atoms with Crippen LogP contribution in [-0.2, 0) is 9.57 Å². The number of hydrogen-bond donors (Lipinski definition) is 2. The smallest absolute Gasteiger partial charge is 0.431 e. The van der Waals surface area contributed by atoms with E-state index < -0.39 is 6.09 Å². The highest BCUT2D eigenvalue weighted by Crippen LogP contribution is 1.70. The molecule has 0 aromatic rings. The third-order valence-corrected chi connectivity index (χ3v) is 0.534. The van der Waals surface area contributed by atoms with E-state index in [2.05, 4.69) is 9.57 Å². The zero-order chi connectivity index (χ0) is 7.11. The summed E-state index contributed by atoms with van der Waals surface area (Å²) in [6, 6.07) is 0. The number of amides is 1. The van der Waals surface area contributed by atoms with E-state index >= 15 is 0 Å². The molecule has 5 heteroatoms. The fourth-order valence-electron chi connectivity index (χ4n) is 0.197. The maximum Gasteiger partial charge on any atom is 0.431 e. The zero-order valence-electron chi connectivity index (χ0n) is 5.09. The minimum atomic E-state index is -0.677. The van der Waals surface area contributed by atoms with E-state index in [0.29, 0.717) is 0 Å². The Balaban J connectivity index is 2.97. The van der Waals surface area contributed by atoms with Crippen molar-refractivity contribution in [2.24, 2.45) is 0 Å². The maximum absolute atomic E-state index is 10.1. The van der Waals surface area contributed by atoms with Crippen LogP contribution >= 0.6 is 0 Å². The molecule has 0 unspecified atom stereocenters. The summed E-state index contributed by atoms with van der Waals surface area (Å²) >= 11 is 0. The third-order valence-electron chi connectivity index (χ3n) is 0.534. The Morgan fingerprint density at radius 3 is 2.89 bits per heavy atom. The summed E-state index contributed by atoms with van der Waals surface area (Å²) < 4.78 is 4.14. The molecule has 0 radical (unpaired) electrons. The van der Waals surface area contributed by atoms with Crippen LogP contribution in [0.2, 0.25) is 0 Å². The van der Waals surface area contributed by atoms with Crippen LogP contribution in [0.25, 0.3) is 0 Å². The van der Waals surface area contributed by atoms with Crippen molar-refractivity contribution in [3.05, 3.63) is 0 Å². The average Bonchev–Trinajstić information content (AvgIpc) is 1.89. The van der Waals surface area contributed by atoms with Crippen LogP contribution in [0.15, 0.2) is 0 Å². The molecule has 54 valence electrons. The second-order valence-electron chi connectivity index (χ2n) is 1.17. The summed E-state index contributed by atoms with van der Waals surface area (Å²) in [7, 11) is 1.22. The van der Waals surface area contributed by atoms with Crippen molar-refractivity contribution >= 4 is 6.09 Å². The molecule has 5 nitrogen and oxygen atoms in total. The number of rotatable bonds is 3. The number of carbonyl (C=O) groups is 1. The fraction of sp³-hybridized carbons (Fsp3) is 0.750.